The minimum absolute atomic E-state index is 0.571. The van der Waals surface area contributed by atoms with Crippen LogP contribution in [0.3, 0.4) is 0 Å². The molecule has 0 fully saturated rings. The van der Waals surface area contributed by atoms with Crippen molar-refractivity contribution in [2.24, 2.45) is 5.92 Å². The first-order valence-electron chi connectivity index (χ1n) is 6.73. The summed E-state index contributed by atoms with van der Waals surface area (Å²) in [4.78, 5) is 4.49. The highest BCUT2D eigenvalue weighted by Gasteiger charge is 2.05. The van der Waals surface area contributed by atoms with Crippen molar-refractivity contribution in [2.45, 2.75) is 46.5 Å². The molecule has 1 aromatic rings. The number of anilines is 1. The number of hydrogen-bond donors (Lipinski definition) is 1. The molecule has 0 aliphatic heterocycles. The third-order valence-corrected chi connectivity index (χ3v) is 3.46. The zero-order chi connectivity index (χ0) is 13.4. The third kappa shape index (κ3) is 4.77. The molecule has 18 heavy (non-hydrogen) atoms. The van der Waals surface area contributed by atoms with Gasteiger partial charge in [-0.25, -0.2) is 4.98 Å². The summed E-state index contributed by atoms with van der Waals surface area (Å²) in [6, 6.07) is 0. The number of rotatable bonds is 8. The topological polar surface area (TPSA) is 50.7 Å². The number of nitrogens with one attached hydrogen (secondary N) is 1. The fraction of sp³-hybridized carbons (Fsp3) is 0.769. The maximum absolute atomic E-state index is 5.77. The molecule has 0 spiro atoms. The summed E-state index contributed by atoms with van der Waals surface area (Å²) in [6.07, 6.45) is 3.99. The summed E-state index contributed by atoms with van der Waals surface area (Å²) in [6.45, 7) is 7.20. The van der Waals surface area contributed by atoms with Gasteiger partial charge in [-0.2, -0.15) is 5.10 Å². The molecule has 0 aliphatic rings. The Kier molecular flexibility index (Phi) is 6.94. The van der Waals surface area contributed by atoms with Crippen molar-refractivity contribution in [3.05, 3.63) is 11.4 Å². The van der Waals surface area contributed by atoms with Gasteiger partial charge in [0.15, 0.2) is 0 Å². The van der Waals surface area contributed by atoms with E-state index in [0.717, 1.165) is 49.5 Å². The maximum atomic E-state index is 5.77. The van der Waals surface area contributed by atoms with Crippen molar-refractivity contribution in [3.8, 4) is 0 Å². The summed E-state index contributed by atoms with van der Waals surface area (Å²) >= 11 is 5.77. The predicted molar refractivity (Wildman–Crippen MR) is 76.2 cm³/mol. The predicted octanol–water partition coefficient (Wildman–Crippen LogP) is 3.06. The molecule has 0 bridgehead atoms. The minimum atomic E-state index is 0.571. The smallest absolute Gasteiger partial charge is 0.242 e. The van der Waals surface area contributed by atoms with E-state index in [0.29, 0.717) is 11.9 Å². The number of aromatic nitrogens is 3. The van der Waals surface area contributed by atoms with E-state index in [1.54, 1.807) is 0 Å². The zero-order valence-corrected chi connectivity index (χ0v) is 12.3. The summed E-state index contributed by atoms with van der Waals surface area (Å²) in [5.41, 5.74) is 2.04. The molecule has 1 unspecified atom stereocenters. The van der Waals surface area contributed by atoms with Crippen LogP contribution in [0.4, 0.5) is 5.95 Å². The third-order valence-electron chi connectivity index (χ3n) is 2.93. The Morgan fingerprint density at radius 1 is 1.17 bits per heavy atom. The largest absolute Gasteiger partial charge is 0.353 e. The van der Waals surface area contributed by atoms with Crippen LogP contribution in [-0.2, 0) is 12.8 Å². The molecular formula is C13H23ClN4. The van der Waals surface area contributed by atoms with Gasteiger partial charge in [0.05, 0.1) is 11.4 Å². The van der Waals surface area contributed by atoms with E-state index in [2.05, 4.69) is 41.3 Å². The number of hydrogen-bond acceptors (Lipinski definition) is 4. The van der Waals surface area contributed by atoms with Crippen LogP contribution in [0.25, 0.3) is 0 Å². The second-order valence-corrected chi connectivity index (χ2v) is 4.87. The van der Waals surface area contributed by atoms with E-state index in [9.17, 15) is 0 Å². The average molecular weight is 271 g/mol. The van der Waals surface area contributed by atoms with Crippen molar-refractivity contribution in [3.63, 3.8) is 0 Å². The quantitative estimate of drug-likeness (QED) is 0.583. The Hall–Kier alpha value is -0.900. The molecule has 0 saturated carbocycles. The van der Waals surface area contributed by atoms with Crippen molar-refractivity contribution in [1.82, 2.24) is 15.2 Å². The fourth-order valence-corrected chi connectivity index (χ4v) is 1.90. The molecule has 0 saturated heterocycles. The molecular weight excluding hydrogens is 248 g/mol. The van der Waals surface area contributed by atoms with Crippen molar-refractivity contribution in [2.75, 3.05) is 17.7 Å². The van der Waals surface area contributed by atoms with Gasteiger partial charge in [0.1, 0.15) is 0 Å². The first-order chi connectivity index (χ1) is 8.71. The molecule has 102 valence electrons. The van der Waals surface area contributed by atoms with Crippen LogP contribution in [0.2, 0.25) is 0 Å². The van der Waals surface area contributed by atoms with Gasteiger partial charge in [-0.3, -0.25) is 0 Å². The Bertz CT molecular complexity index is 357. The molecule has 0 aromatic carbocycles. The number of aryl methyl sites for hydroxylation is 2. The summed E-state index contributed by atoms with van der Waals surface area (Å²) in [5.74, 6) is 1.94. The lowest BCUT2D eigenvalue weighted by atomic mass is 10.1. The van der Waals surface area contributed by atoms with Crippen LogP contribution in [0, 0.1) is 5.92 Å². The Morgan fingerprint density at radius 3 is 2.50 bits per heavy atom. The molecule has 4 nitrogen and oxygen atoms in total. The van der Waals surface area contributed by atoms with Crippen LogP contribution in [0.1, 0.15) is 45.0 Å². The maximum Gasteiger partial charge on any atom is 0.242 e. The SMILES string of the molecule is CCc1nnc(NCCCC(C)CCl)nc1CC. The molecule has 0 aliphatic carbocycles. The highest BCUT2D eigenvalue weighted by Crippen LogP contribution is 2.09. The molecule has 1 rings (SSSR count). The van der Waals surface area contributed by atoms with Gasteiger partial charge >= 0.3 is 0 Å². The zero-order valence-electron chi connectivity index (χ0n) is 11.5. The normalized spacial score (nSPS) is 12.4. The highest BCUT2D eigenvalue weighted by molar-refractivity contribution is 6.18. The molecule has 1 heterocycles. The van der Waals surface area contributed by atoms with Gasteiger partial charge in [-0.05, 0) is 31.6 Å². The van der Waals surface area contributed by atoms with Gasteiger partial charge < -0.3 is 5.32 Å². The van der Waals surface area contributed by atoms with Gasteiger partial charge in [-0.1, -0.05) is 20.8 Å². The highest BCUT2D eigenvalue weighted by atomic mass is 35.5. The van der Waals surface area contributed by atoms with Crippen LogP contribution in [0.5, 0.6) is 0 Å². The van der Waals surface area contributed by atoms with E-state index < -0.39 is 0 Å². The van der Waals surface area contributed by atoms with Crippen LogP contribution in [-0.4, -0.2) is 27.6 Å². The number of halogens is 1. The van der Waals surface area contributed by atoms with Crippen LogP contribution >= 0.6 is 11.6 Å². The lowest BCUT2D eigenvalue weighted by molar-refractivity contribution is 0.571. The first-order valence-corrected chi connectivity index (χ1v) is 7.26. The lowest BCUT2D eigenvalue weighted by Gasteiger charge is -2.09. The monoisotopic (exact) mass is 270 g/mol. The number of alkyl halides is 1. The Labute approximate surface area is 115 Å². The summed E-state index contributed by atoms with van der Waals surface area (Å²) in [5, 5.41) is 11.5. The van der Waals surface area contributed by atoms with E-state index >= 15 is 0 Å². The van der Waals surface area contributed by atoms with Gasteiger partial charge in [0.25, 0.3) is 0 Å². The molecule has 0 radical (unpaired) electrons. The molecule has 1 N–H and O–H groups in total. The molecule has 5 heteroatoms. The second kappa shape index (κ2) is 8.25. The van der Waals surface area contributed by atoms with Crippen molar-refractivity contribution < 1.29 is 0 Å². The average Bonchev–Trinajstić information content (AvgIpc) is 2.42. The Morgan fingerprint density at radius 2 is 1.89 bits per heavy atom. The minimum Gasteiger partial charge on any atom is -0.353 e. The van der Waals surface area contributed by atoms with E-state index in [4.69, 9.17) is 11.6 Å². The lowest BCUT2D eigenvalue weighted by Crippen LogP contribution is -2.11. The molecule has 1 aromatic heterocycles. The second-order valence-electron chi connectivity index (χ2n) is 4.56. The van der Waals surface area contributed by atoms with Crippen molar-refractivity contribution >= 4 is 17.5 Å². The standard InChI is InChI=1S/C13H23ClN4/c1-4-11-12(5-2)17-18-13(16-11)15-8-6-7-10(3)9-14/h10H,4-9H2,1-3H3,(H,15,16,18). The van der Waals surface area contributed by atoms with Crippen molar-refractivity contribution in [1.29, 1.82) is 0 Å². The van der Waals surface area contributed by atoms with Gasteiger partial charge in [0.2, 0.25) is 5.95 Å². The summed E-state index contributed by atoms with van der Waals surface area (Å²) in [7, 11) is 0. The van der Waals surface area contributed by atoms with Crippen LogP contribution < -0.4 is 5.32 Å². The van der Waals surface area contributed by atoms with E-state index in [-0.39, 0.29) is 0 Å². The number of nitrogens with zero attached hydrogens (tertiary/aromatic N) is 3. The van der Waals surface area contributed by atoms with E-state index in [1.165, 1.54) is 0 Å². The fourth-order valence-electron chi connectivity index (χ4n) is 1.74. The molecule has 0 amide bonds. The van der Waals surface area contributed by atoms with E-state index in [1.807, 2.05) is 0 Å². The molecule has 1 atom stereocenters. The first kappa shape index (κ1) is 15.2. The van der Waals surface area contributed by atoms with Gasteiger partial charge in [0, 0.05) is 12.4 Å². The summed E-state index contributed by atoms with van der Waals surface area (Å²) < 4.78 is 0. The van der Waals surface area contributed by atoms with Crippen LogP contribution in [0.15, 0.2) is 0 Å². The Balaban J connectivity index is 2.43. The van der Waals surface area contributed by atoms with Gasteiger partial charge in [-0.15, -0.1) is 16.7 Å².